The van der Waals surface area contributed by atoms with E-state index in [0.717, 1.165) is 0 Å². The van der Waals surface area contributed by atoms with Crippen molar-refractivity contribution < 1.29 is 44.3 Å². The fourth-order valence-corrected chi connectivity index (χ4v) is 0. The van der Waals surface area contributed by atoms with E-state index in [1.54, 1.807) is 20.8 Å². The fraction of sp³-hybridized carbons (Fsp3) is 0.444. The van der Waals surface area contributed by atoms with E-state index in [1.807, 2.05) is 0 Å². The number of hydrogen-bond acceptors (Lipinski definition) is 2. The molecule has 92 valence electrons. The predicted octanol–water partition coefficient (Wildman–Crippen LogP) is 1.36. The van der Waals surface area contributed by atoms with Crippen molar-refractivity contribution in [2.45, 2.75) is 26.3 Å². The Morgan fingerprint density at radius 2 is 0.765 bits per heavy atom. The van der Waals surface area contributed by atoms with Gasteiger partial charge in [-0.2, -0.15) is 4.91 Å². The van der Waals surface area contributed by atoms with Crippen LogP contribution in [0.1, 0.15) is 20.8 Å². The van der Waals surface area contributed by atoms with Gasteiger partial charge in [0.25, 0.3) is 0 Å². The quantitative estimate of drug-likeness (QED) is 0.333. The Labute approximate surface area is 114 Å². The van der Waals surface area contributed by atoms with Crippen molar-refractivity contribution in [3.05, 3.63) is 38.2 Å². The van der Waals surface area contributed by atoms with Crippen LogP contribution in [0.2, 0.25) is 0 Å². The van der Waals surface area contributed by atoms with E-state index in [9.17, 15) is 4.91 Å². The van der Waals surface area contributed by atoms with Crippen molar-refractivity contribution in [1.29, 1.82) is 0 Å². The van der Waals surface area contributed by atoms with Gasteiger partial charge in [-0.15, -0.1) is 0 Å². The summed E-state index contributed by atoms with van der Waals surface area (Å²) < 4.78 is 37.5. The molecule has 0 N–H and O–H groups in total. The summed E-state index contributed by atoms with van der Waals surface area (Å²) in [6.45, 7) is 27.8. The maximum atomic E-state index is 9.58. The third-order valence-corrected chi connectivity index (χ3v) is 0.274. The second kappa shape index (κ2) is 81.8. The summed E-state index contributed by atoms with van der Waals surface area (Å²) in [4.78, 5) is 9.58. The summed E-state index contributed by atoms with van der Waals surface area (Å²) in [6, 6.07) is 0. The van der Waals surface area contributed by atoms with Crippen LogP contribution in [-0.4, -0.2) is 5.54 Å². The zero-order valence-corrected chi connectivity index (χ0v) is 12.2. The molecule has 0 saturated carbocycles. The molecule has 0 aliphatic carbocycles. The van der Waals surface area contributed by atoms with Crippen molar-refractivity contribution in [2.24, 2.45) is 5.18 Å². The molecule has 0 heterocycles. The molecule has 0 fully saturated rings. The van der Waals surface area contributed by atoms with E-state index in [-0.39, 0.29) is 26.6 Å². The van der Waals surface area contributed by atoms with Gasteiger partial charge < -0.3 is 0 Å². The third-order valence-electron chi connectivity index (χ3n) is 0.274. The zero-order valence-electron chi connectivity index (χ0n) is 9.30. The molecule has 0 atom stereocenters. The van der Waals surface area contributed by atoms with Gasteiger partial charge in [-0.1, -0.05) is 5.18 Å². The van der Waals surface area contributed by atoms with Gasteiger partial charge in [-0.05, 0) is 20.8 Å². The van der Waals surface area contributed by atoms with Crippen LogP contribution in [0.4, 0.5) is 0 Å². The summed E-state index contributed by atoms with van der Waals surface area (Å²) >= 11 is 0. The van der Waals surface area contributed by atoms with Crippen LogP contribution in [0.3, 0.4) is 0 Å². The second-order valence-corrected chi connectivity index (χ2v) is 2.26. The van der Waals surface area contributed by atoms with E-state index < -0.39 is 0 Å². The normalized spacial score (nSPS) is 4.53. The minimum atomic E-state index is -0.389. The number of rotatable bonds is 0. The molecule has 0 aromatic rings. The first-order valence-corrected chi connectivity index (χ1v) is 2.93. The molecule has 0 rings (SSSR count). The van der Waals surface area contributed by atoms with Crippen molar-refractivity contribution in [2.75, 3.05) is 0 Å². The van der Waals surface area contributed by atoms with E-state index in [0.29, 0.717) is 0 Å². The molecule has 0 aliphatic heterocycles. The van der Waals surface area contributed by atoms with Gasteiger partial charge in [-0.25, -0.2) is 0 Å². The molecular weight excluding hydrogens is 402 g/mol. The summed E-state index contributed by atoms with van der Waals surface area (Å²) in [7, 11) is 0. The molecule has 0 aromatic carbocycles. The van der Waals surface area contributed by atoms with E-state index >= 15 is 0 Å². The van der Waals surface area contributed by atoms with Gasteiger partial charge in [0, 0.05) is 21.1 Å². The molecule has 0 bridgehead atoms. The van der Waals surface area contributed by atoms with Gasteiger partial charge >= 0.3 is 56.5 Å². The molecule has 8 heteroatoms. The van der Waals surface area contributed by atoms with Gasteiger partial charge in [0.2, 0.25) is 0 Å². The second-order valence-electron chi connectivity index (χ2n) is 2.26. The van der Waals surface area contributed by atoms with Gasteiger partial charge in [0.1, 0.15) is 0 Å². The van der Waals surface area contributed by atoms with E-state index in [4.69, 9.17) is 23.3 Å². The Balaban J connectivity index is -0.0000000158. The minimum Gasteiger partial charge on any atom is 0 e. The van der Waals surface area contributed by atoms with Crippen molar-refractivity contribution in [1.82, 2.24) is 0 Å². The van der Waals surface area contributed by atoms with E-state index in [2.05, 4.69) is 38.4 Å². The Kier molecular flexibility index (Phi) is 214. The Hall–Kier alpha value is -1.01. The monoisotopic (exact) mass is 411 g/mol. The molecule has 0 radical (unpaired) electrons. The molecule has 0 saturated heterocycles. The SMILES string of the molecule is CC(C)(C)N=O.[C-]#[O+].[C-]#[O+].[C-]#[O+].[C-]#[O+].[C-]#[O+].[W]. The van der Waals surface area contributed by atoms with Gasteiger partial charge in [0.15, 0.2) is 0 Å². The first-order valence-electron chi connectivity index (χ1n) is 2.93. The van der Waals surface area contributed by atoms with Crippen LogP contribution in [-0.2, 0) is 44.3 Å². The van der Waals surface area contributed by atoms with Crippen LogP contribution < -0.4 is 0 Å². The summed E-state index contributed by atoms with van der Waals surface area (Å²) in [6.07, 6.45) is 0. The predicted molar refractivity (Wildman–Crippen MR) is 45.2 cm³/mol. The van der Waals surface area contributed by atoms with Gasteiger partial charge in [0.05, 0.1) is 5.54 Å². The molecule has 0 unspecified atom stereocenters. The molecule has 0 aliphatic rings. The van der Waals surface area contributed by atoms with Gasteiger partial charge in [-0.3, -0.25) is 0 Å². The van der Waals surface area contributed by atoms with Crippen LogP contribution >= 0.6 is 0 Å². The Morgan fingerprint density at radius 1 is 0.706 bits per heavy atom. The summed E-state index contributed by atoms with van der Waals surface area (Å²) in [5.74, 6) is 0. The van der Waals surface area contributed by atoms with Crippen molar-refractivity contribution >= 4 is 0 Å². The molecule has 0 amide bonds. The molecule has 17 heavy (non-hydrogen) atoms. The Bertz CT molecular complexity index is 175. The molecular formula is C9H9NO6W. The third kappa shape index (κ3) is 640. The van der Waals surface area contributed by atoms with Crippen molar-refractivity contribution in [3.63, 3.8) is 0 Å². The summed E-state index contributed by atoms with van der Waals surface area (Å²) in [5.41, 5.74) is -0.389. The number of hydrogen-bond donors (Lipinski definition) is 0. The number of nitrogens with zero attached hydrogens (tertiary/aromatic N) is 1. The van der Waals surface area contributed by atoms with Crippen molar-refractivity contribution in [3.8, 4) is 0 Å². The Morgan fingerprint density at radius 3 is 0.765 bits per heavy atom. The number of nitroso groups, excluding NO2 is 1. The topological polar surface area (TPSA) is 129 Å². The van der Waals surface area contributed by atoms with E-state index in [1.165, 1.54) is 0 Å². The molecule has 0 aromatic heterocycles. The average Bonchev–Trinajstić information content (AvgIpc) is 2.40. The van der Waals surface area contributed by atoms with Crippen LogP contribution in [0, 0.1) is 38.2 Å². The minimum absolute atomic E-state index is 0. The molecule has 0 spiro atoms. The van der Waals surface area contributed by atoms with Crippen LogP contribution in [0.15, 0.2) is 5.18 Å². The van der Waals surface area contributed by atoms with Crippen LogP contribution in [0.5, 0.6) is 0 Å². The zero-order chi connectivity index (χ0) is 15.2. The molecule has 7 nitrogen and oxygen atoms in total. The average molecular weight is 411 g/mol. The maximum Gasteiger partial charge on any atom is 0 e. The van der Waals surface area contributed by atoms with Crippen LogP contribution in [0.25, 0.3) is 0 Å². The fourth-order valence-electron chi connectivity index (χ4n) is 0. The largest absolute Gasteiger partial charge is 0 e. The smallest absolute Gasteiger partial charge is 0 e. The first kappa shape index (κ1) is 44.5. The standard InChI is InChI=1S/C4H9NO.5CO.W/c1-4(2,3)5-6;5*1-2;/h1-3H3;;;;;;. The summed E-state index contributed by atoms with van der Waals surface area (Å²) in [5, 5.41) is 2.77. The maximum absolute atomic E-state index is 9.58. The first-order chi connectivity index (χ1) is 7.56.